The van der Waals surface area contributed by atoms with Gasteiger partial charge in [0.1, 0.15) is 17.2 Å². The third-order valence-corrected chi connectivity index (χ3v) is 5.83. The van der Waals surface area contributed by atoms with Crippen molar-refractivity contribution in [2.45, 2.75) is 12.6 Å². The molecule has 1 unspecified atom stereocenters. The van der Waals surface area contributed by atoms with E-state index in [4.69, 9.17) is 32.0 Å². The molecule has 0 aliphatic carbocycles. The molecule has 30 heavy (non-hydrogen) atoms. The van der Waals surface area contributed by atoms with Crippen LogP contribution in [0.3, 0.4) is 0 Å². The van der Waals surface area contributed by atoms with Crippen LogP contribution < -0.4 is 5.43 Å². The number of nitrogens with zero attached hydrogens (tertiary/aromatic N) is 1. The predicted molar refractivity (Wildman–Crippen MR) is 109 cm³/mol. The SMILES string of the molecule is O=C1c2oc3ccc(F)cc3c(=O)c2C(c2ccc(Cl)c(Cl)c2)N1Cc1ccco1. The van der Waals surface area contributed by atoms with Gasteiger partial charge in [-0.15, -0.1) is 0 Å². The third kappa shape index (κ3) is 2.91. The van der Waals surface area contributed by atoms with Gasteiger partial charge in [-0.1, -0.05) is 29.3 Å². The van der Waals surface area contributed by atoms with Crippen molar-refractivity contribution in [1.29, 1.82) is 0 Å². The molecule has 1 amide bonds. The normalized spacial score (nSPS) is 15.8. The molecule has 5 rings (SSSR count). The van der Waals surface area contributed by atoms with Crippen LogP contribution in [0, 0.1) is 5.82 Å². The largest absolute Gasteiger partial charge is 0.467 e. The molecule has 0 radical (unpaired) electrons. The van der Waals surface area contributed by atoms with Crippen molar-refractivity contribution in [3.05, 3.63) is 104 Å². The summed E-state index contributed by atoms with van der Waals surface area (Å²) in [6, 6.07) is 11.1. The Morgan fingerprint density at radius 3 is 2.60 bits per heavy atom. The second-order valence-electron chi connectivity index (χ2n) is 6.90. The number of hydrogen-bond acceptors (Lipinski definition) is 4. The molecule has 2 aromatic carbocycles. The second kappa shape index (κ2) is 7.00. The molecule has 3 heterocycles. The Bertz CT molecular complexity index is 1360. The van der Waals surface area contributed by atoms with Crippen molar-refractivity contribution in [1.82, 2.24) is 4.90 Å². The fourth-order valence-corrected chi connectivity index (χ4v) is 4.06. The van der Waals surface area contributed by atoms with Crippen LogP contribution in [-0.4, -0.2) is 10.8 Å². The minimum atomic E-state index is -0.795. The van der Waals surface area contributed by atoms with Gasteiger partial charge in [0.15, 0.2) is 5.43 Å². The molecule has 1 atom stereocenters. The Morgan fingerprint density at radius 2 is 1.87 bits per heavy atom. The van der Waals surface area contributed by atoms with E-state index < -0.39 is 23.2 Å². The molecule has 5 nitrogen and oxygen atoms in total. The maximum atomic E-state index is 13.8. The number of benzene rings is 2. The van der Waals surface area contributed by atoms with Crippen LogP contribution in [0.15, 0.2) is 68.4 Å². The number of carbonyl (C=O) groups is 1. The van der Waals surface area contributed by atoms with Gasteiger partial charge in [-0.3, -0.25) is 9.59 Å². The summed E-state index contributed by atoms with van der Waals surface area (Å²) in [5.41, 5.74) is 0.368. The summed E-state index contributed by atoms with van der Waals surface area (Å²) in [6.07, 6.45) is 1.50. The highest BCUT2D eigenvalue weighted by atomic mass is 35.5. The molecule has 150 valence electrons. The molecule has 8 heteroatoms. The highest BCUT2D eigenvalue weighted by Crippen LogP contribution is 2.40. The molecule has 2 aromatic heterocycles. The fraction of sp³-hybridized carbons (Fsp3) is 0.0909. The van der Waals surface area contributed by atoms with Gasteiger partial charge in [0.05, 0.1) is 39.8 Å². The molecule has 1 aliphatic heterocycles. The number of amides is 1. The summed E-state index contributed by atoms with van der Waals surface area (Å²) in [6.45, 7) is 0.102. The van der Waals surface area contributed by atoms with Crippen molar-refractivity contribution in [2.24, 2.45) is 0 Å². The van der Waals surface area contributed by atoms with E-state index in [0.717, 1.165) is 6.07 Å². The van der Waals surface area contributed by atoms with Gasteiger partial charge in [-0.2, -0.15) is 0 Å². The number of carbonyl (C=O) groups excluding carboxylic acids is 1. The van der Waals surface area contributed by atoms with E-state index in [2.05, 4.69) is 0 Å². The van der Waals surface area contributed by atoms with Crippen LogP contribution >= 0.6 is 23.2 Å². The van der Waals surface area contributed by atoms with Crippen LogP contribution in [0.5, 0.6) is 0 Å². The van der Waals surface area contributed by atoms with Crippen LogP contribution in [0.4, 0.5) is 4.39 Å². The number of furan rings is 1. The van der Waals surface area contributed by atoms with Gasteiger partial charge in [-0.05, 0) is 48.0 Å². The Hall–Kier alpha value is -3.09. The highest BCUT2D eigenvalue weighted by Gasteiger charge is 2.43. The fourth-order valence-electron chi connectivity index (χ4n) is 3.76. The number of rotatable bonds is 3. The Labute approximate surface area is 179 Å². The maximum absolute atomic E-state index is 13.8. The van der Waals surface area contributed by atoms with E-state index in [0.29, 0.717) is 16.3 Å². The van der Waals surface area contributed by atoms with E-state index in [9.17, 15) is 14.0 Å². The lowest BCUT2D eigenvalue weighted by Gasteiger charge is -2.24. The topological polar surface area (TPSA) is 63.7 Å². The molecule has 0 spiro atoms. The standard InChI is InChI=1S/C22H12Cl2FNO4/c23-15-5-3-11(8-16(15)24)19-18-20(27)14-9-12(25)4-6-17(14)30-21(18)22(28)26(19)10-13-2-1-7-29-13/h1-9,19H,10H2. The van der Waals surface area contributed by atoms with Gasteiger partial charge in [-0.25, -0.2) is 4.39 Å². The van der Waals surface area contributed by atoms with E-state index in [1.165, 1.54) is 23.3 Å². The Balaban J connectivity index is 1.77. The molecule has 0 N–H and O–H groups in total. The quantitative estimate of drug-likeness (QED) is 0.414. The zero-order valence-corrected chi connectivity index (χ0v) is 16.7. The molecule has 4 aromatic rings. The van der Waals surface area contributed by atoms with Gasteiger partial charge < -0.3 is 13.7 Å². The van der Waals surface area contributed by atoms with Crippen molar-refractivity contribution in [2.75, 3.05) is 0 Å². The molecule has 1 aliphatic rings. The molecular weight excluding hydrogens is 432 g/mol. The first-order valence-electron chi connectivity index (χ1n) is 8.98. The van der Waals surface area contributed by atoms with Crippen LogP contribution in [0.25, 0.3) is 11.0 Å². The van der Waals surface area contributed by atoms with Crippen molar-refractivity contribution < 1.29 is 18.0 Å². The monoisotopic (exact) mass is 443 g/mol. The minimum Gasteiger partial charge on any atom is -0.467 e. The summed E-state index contributed by atoms with van der Waals surface area (Å²) in [5, 5.41) is 0.686. The summed E-state index contributed by atoms with van der Waals surface area (Å²) >= 11 is 12.2. The third-order valence-electron chi connectivity index (χ3n) is 5.09. The first kappa shape index (κ1) is 18.9. The average Bonchev–Trinajstić information content (AvgIpc) is 3.33. The van der Waals surface area contributed by atoms with Gasteiger partial charge in [0.2, 0.25) is 5.76 Å². The van der Waals surface area contributed by atoms with Gasteiger partial charge >= 0.3 is 0 Å². The smallest absolute Gasteiger partial charge is 0.291 e. The molecular formula is C22H12Cl2FNO4. The van der Waals surface area contributed by atoms with E-state index in [1.54, 1.807) is 30.3 Å². The van der Waals surface area contributed by atoms with Gasteiger partial charge in [0.25, 0.3) is 5.91 Å². The molecule has 0 bridgehead atoms. The van der Waals surface area contributed by atoms with Crippen molar-refractivity contribution >= 4 is 40.1 Å². The second-order valence-corrected chi connectivity index (χ2v) is 7.72. The van der Waals surface area contributed by atoms with Crippen LogP contribution in [-0.2, 0) is 6.54 Å². The average molecular weight is 444 g/mol. The van der Waals surface area contributed by atoms with E-state index in [-0.39, 0.29) is 33.9 Å². The molecule has 0 saturated heterocycles. The van der Waals surface area contributed by atoms with Crippen LogP contribution in [0.2, 0.25) is 10.0 Å². The molecule has 0 fully saturated rings. The maximum Gasteiger partial charge on any atom is 0.291 e. The number of halogens is 3. The lowest BCUT2D eigenvalue weighted by atomic mass is 9.98. The Morgan fingerprint density at radius 1 is 1.03 bits per heavy atom. The zero-order chi connectivity index (χ0) is 21.0. The summed E-state index contributed by atoms with van der Waals surface area (Å²) in [7, 11) is 0. The highest BCUT2D eigenvalue weighted by molar-refractivity contribution is 6.42. The van der Waals surface area contributed by atoms with Crippen LogP contribution in [0.1, 0.15) is 33.5 Å². The predicted octanol–water partition coefficient (Wildman–Crippen LogP) is 5.58. The van der Waals surface area contributed by atoms with Gasteiger partial charge in [0, 0.05) is 0 Å². The zero-order valence-electron chi connectivity index (χ0n) is 15.2. The van der Waals surface area contributed by atoms with E-state index >= 15 is 0 Å². The summed E-state index contributed by atoms with van der Waals surface area (Å²) in [5.74, 6) is -0.593. The lowest BCUT2D eigenvalue weighted by Crippen LogP contribution is -2.29. The van der Waals surface area contributed by atoms with Crippen molar-refractivity contribution in [3.63, 3.8) is 0 Å². The minimum absolute atomic E-state index is 0.0615. The lowest BCUT2D eigenvalue weighted by molar-refractivity contribution is 0.0701. The van der Waals surface area contributed by atoms with E-state index in [1.807, 2.05) is 0 Å². The summed E-state index contributed by atoms with van der Waals surface area (Å²) in [4.78, 5) is 28.0. The number of hydrogen-bond donors (Lipinski definition) is 0. The first-order chi connectivity index (χ1) is 14.4. The summed E-state index contributed by atoms with van der Waals surface area (Å²) < 4.78 is 24.9. The number of fused-ring (bicyclic) bond motifs is 2. The van der Waals surface area contributed by atoms with Crippen molar-refractivity contribution in [3.8, 4) is 0 Å². The molecule has 0 saturated carbocycles. The first-order valence-corrected chi connectivity index (χ1v) is 9.74. The Kier molecular flexibility index (Phi) is 4.41.